The molecule has 0 unspecified atom stereocenters. The van der Waals surface area contributed by atoms with E-state index in [1.54, 1.807) is 0 Å². The zero-order chi connectivity index (χ0) is 21.4. The summed E-state index contributed by atoms with van der Waals surface area (Å²) in [6.07, 6.45) is 6.54. The Bertz CT molecular complexity index is 1360. The van der Waals surface area contributed by atoms with Crippen molar-refractivity contribution in [3.63, 3.8) is 0 Å². The van der Waals surface area contributed by atoms with Gasteiger partial charge in [0.2, 0.25) is 0 Å². The number of aryl methyl sites for hydroxylation is 1. The van der Waals surface area contributed by atoms with Crippen LogP contribution in [-0.2, 0) is 13.0 Å². The Hall–Kier alpha value is -3.65. The third-order valence-corrected chi connectivity index (χ3v) is 5.31. The van der Waals surface area contributed by atoms with Gasteiger partial charge >= 0.3 is 0 Å². The van der Waals surface area contributed by atoms with Crippen molar-refractivity contribution in [1.29, 1.82) is 0 Å². The van der Waals surface area contributed by atoms with Crippen molar-refractivity contribution < 1.29 is 0 Å². The fourth-order valence-corrected chi connectivity index (χ4v) is 3.60. The number of nitrogens with zero attached hydrogens (tertiary/aromatic N) is 8. The fraction of sp³-hybridized carbons (Fsp3) is 0.261. The first-order chi connectivity index (χ1) is 15.0. The molecular formula is C23H24N8. The Balaban J connectivity index is 1.43. The lowest BCUT2D eigenvalue weighted by Crippen LogP contribution is -2.18. The van der Waals surface area contributed by atoms with Gasteiger partial charge in [-0.15, -0.1) is 10.2 Å². The highest BCUT2D eigenvalue weighted by Crippen LogP contribution is 2.24. The first-order valence-corrected chi connectivity index (χ1v) is 10.3. The number of aromatic nitrogens is 7. The first kappa shape index (κ1) is 19.3. The highest BCUT2D eigenvalue weighted by atomic mass is 15.4. The van der Waals surface area contributed by atoms with Gasteiger partial charge in [-0.3, -0.25) is 9.67 Å². The molecule has 8 nitrogen and oxygen atoms in total. The molecule has 0 N–H and O–H groups in total. The van der Waals surface area contributed by atoms with E-state index in [4.69, 9.17) is 0 Å². The summed E-state index contributed by atoms with van der Waals surface area (Å²) in [5.74, 6) is 0.823. The highest BCUT2D eigenvalue weighted by molar-refractivity contribution is 5.84. The van der Waals surface area contributed by atoms with Crippen LogP contribution in [0.4, 0.5) is 0 Å². The molecule has 0 atom stereocenters. The van der Waals surface area contributed by atoms with Gasteiger partial charge < -0.3 is 4.90 Å². The molecular weight excluding hydrogens is 388 g/mol. The predicted molar refractivity (Wildman–Crippen MR) is 120 cm³/mol. The van der Waals surface area contributed by atoms with Crippen molar-refractivity contribution in [3.8, 4) is 11.1 Å². The van der Waals surface area contributed by atoms with Crippen LogP contribution in [0.15, 0.2) is 55.0 Å². The molecule has 1 aromatic carbocycles. The van der Waals surface area contributed by atoms with Crippen LogP contribution in [0.5, 0.6) is 0 Å². The minimum absolute atomic E-state index is 0.653. The molecule has 31 heavy (non-hydrogen) atoms. The summed E-state index contributed by atoms with van der Waals surface area (Å²) in [6, 6.07) is 12.4. The number of hydrogen-bond acceptors (Lipinski definition) is 6. The van der Waals surface area contributed by atoms with E-state index in [-0.39, 0.29) is 0 Å². The molecule has 156 valence electrons. The van der Waals surface area contributed by atoms with Crippen LogP contribution >= 0.6 is 0 Å². The van der Waals surface area contributed by atoms with Crippen molar-refractivity contribution in [1.82, 2.24) is 39.5 Å². The summed E-state index contributed by atoms with van der Waals surface area (Å²) in [6.45, 7) is 3.78. The summed E-state index contributed by atoms with van der Waals surface area (Å²) in [5, 5.41) is 18.7. The smallest absolute Gasteiger partial charge is 0.177 e. The number of likely N-dealkylation sites (N-methyl/N-ethyl adjacent to an activating group) is 1. The van der Waals surface area contributed by atoms with Gasteiger partial charge in [0.05, 0.1) is 24.0 Å². The average molecular weight is 413 g/mol. The Morgan fingerprint density at radius 2 is 1.87 bits per heavy atom. The molecule has 4 heterocycles. The van der Waals surface area contributed by atoms with Crippen LogP contribution < -0.4 is 0 Å². The fourth-order valence-electron chi connectivity index (χ4n) is 3.60. The number of pyridine rings is 1. The van der Waals surface area contributed by atoms with E-state index >= 15 is 0 Å². The van der Waals surface area contributed by atoms with E-state index < -0.39 is 0 Å². The van der Waals surface area contributed by atoms with Crippen molar-refractivity contribution in [3.05, 3.63) is 72.1 Å². The summed E-state index contributed by atoms with van der Waals surface area (Å²) >= 11 is 0. The monoisotopic (exact) mass is 412 g/mol. The number of hydrogen-bond donors (Lipinski definition) is 0. The summed E-state index contributed by atoms with van der Waals surface area (Å²) in [5.41, 5.74) is 5.94. The SMILES string of the molecule is Cc1ccc2nnc(Cc3ccc4ncc(-c5cnn(CCN(C)C)c5)cc4c3)n2n1. The molecule has 0 saturated heterocycles. The molecule has 0 saturated carbocycles. The summed E-state index contributed by atoms with van der Waals surface area (Å²) in [4.78, 5) is 6.80. The minimum atomic E-state index is 0.653. The van der Waals surface area contributed by atoms with Gasteiger partial charge in [0.25, 0.3) is 0 Å². The Labute approximate surface area is 180 Å². The van der Waals surface area contributed by atoms with Crippen LogP contribution in [0.1, 0.15) is 17.1 Å². The van der Waals surface area contributed by atoms with Crippen molar-refractivity contribution >= 4 is 16.6 Å². The molecule has 0 fully saturated rings. The van der Waals surface area contributed by atoms with Gasteiger partial charge in [-0.1, -0.05) is 6.07 Å². The molecule has 0 bridgehead atoms. The molecule has 4 aromatic heterocycles. The average Bonchev–Trinajstić information content (AvgIpc) is 3.39. The Morgan fingerprint density at radius 3 is 2.74 bits per heavy atom. The maximum atomic E-state index is 4.65. The van der Waals surface area contributed by atoms with Crippen LogP contribution in [-0.4, -0.2) is 60.1 Å². The van der Waals surface area contributed by atoms with Gasteiger partial charge in [0.1, 0.15) is 0 Å². The van der Waals surface area contributed by atoms with Crippen molar-refractivity contribution in [2.24, 2.45) is 0 Å². The topological polar surface area (TPSA) is 77.0 Å². The molecule has 5 rings (SSSR count). The number of benzene rings is 1. The third kappa shape index (κ3) is 4.02. The van der Waals surface area contributed by atoms with Crippen LogP contribution in [0.25, 0.3) is 27.7 Å². The van der Waals surface area contributed by atoms with E-state index in [9.17, 15) is 0 Å². The van der Waals surface area contributed by atoms with E-state index in [1.807, 2.05) is 40.6 Å². The second-order valence-electron chi connectivity index (χ2n) is 8.08. The van der Waals surface area contributed by atoms with E-state index in [0.717, 1.165) is 57.8 Å². The van der Waals surface area contributed by atoms with Gasteiger partial charge in [-0.2, -0.15) is 14.7 Å². The molecule has 0 aliphatic carbocycles. The Kier molecular flexibility index (Phi) is 4.91. The molecule has 0 spiro atoms. The lowest BCUT2D eigenvalue weighted by atomic mass is 10.0. The maximum Gasteiger partial charge on any atom is 0.177 e. The summed E-state index contributed by atoms with van der Waals surface area (Å²) < 4.78 is 3.79. The molecule has 0 radical (unpaired) electrons. The Morgan fingerprint density at radius 1 is 0.968 bits per heavy atom. The van der Waals surface area contributed by atoms with Gasteiger partial charge in [-0.25, -0.2) is 0 Å². The van der Waals surface area contributed by atoms with Gasteiger partial charge in [0, 0.05) is 41.9 Å². The molecule has 0 aliphatic heterocycles. The standard InChI is InChI=1S/C23H24N8/c1-16-4-7-22-26-27-23(31(22)28-16)11-17-5-6-21-18(10-17)12-19(13-24-21)20-14-25-30(15-20)9-8-29(2)3/h4-7,10,12-15H,8-9,11H2,1-3H3. The quantitative estimate of drug-likeness (QED) is 0.427. The van der Waals surface area contributed by atoms with E-state index in [1.165, 1.54) is 0 Å². The lowest BCUT2D eigenvalue weighted by molar-refractivity contribution is 0.373. The largest absolute Gasteiger partial charge is 0.308 e. The molecule has 5 aromatic rings. The number of rotatable bonds is 6. The first-order valence-electron chi connectivity index (χ1n) is 10.3. The third-order valence-electron chi connectivity index (χ3n) is 5.31. The molecule has 8 heteroatoms. The zero-order valence-corrected chi connectivity index (χ0v) is 17.9. The zero-order valence-electron chi connectivity index (χ0n) is 17.9. The normalized spacial score (nSPS) is 11.7. The van der Waals surface area contributed by atoms with Crippen LogP contribution in [0.2, 0.25) is 0 Å². The maximum absolute atomic E-state index is 4.65. The highest BCUT2D eigenvalue weighted by Gasteiger charge is 2.10. The van der Waals surface area contributed by atoms with Crippen LogP contribution in [0.3, 0.4) is 0 Å². The van der Waals surface area contributed by atoms with Gasteiger partial charge in [0.15, 0.2) is 11.5 Å². The van der Waals surface area contributed by atoms with Gasteiger partial charge in [-0.05, 0) is 56.9 Å². The van der Waals surface area contributed by atoms with Crippen LogP contribution in [0, 0.1) is 6.92 Å². The summed E-state index contributed by atoms with van der Waals surface area (Å²) in [7, 11) is 4.13. The second-order valence-corrected chi connectivity index (χ2v) is 8.08. The number of fused-ring (bicyclic) bond motifs is 2. The van der Waals surface area contributed by atoms with Crippen molar-refractivity contribution in [2.45, 2.75) is 19.9 Å². The molecule has 0 aliphatic rings. The van der Waals surface area contributed by atoms with E-state index in [0.29, 0.717) is 6.42 Å². The van der Waals surface area contributed by atoms with E-state index in [2.05, 4.69) is 74.8 Å². The predicted octanol–water partition coefficient (Wildman–Crippen LogP) is 3.00. The lowest BCUT2D eigenvalue weighted by Gasteiger charge is -2.08. The minimum Gasteiger partial charge on any atom is -0.308 e. The van der Waals surface area contributed by atoms with Crippen molar-refractivity contribution in [2.75, 3.05) is 20.6 Å². The second kappa shape index (κ2) is 7.88. The molecule has 0 amide bonds.